The molecule has 1 heterocycles. The minimum Gasteiger partial charge on any atom is -0.460 e. The van der Waals surface area contributed by atoms with Gasteiger partial charge in [-0.2, -0.15) is 13.2 Å². The Morgan fingerprint density at radius 1 is 1.05 bits per heavy atom. The number of anilines is 2. The van der Waals surface area contributed by atoms with E-state index in [1.807, 2.05) is 6.92 Å². The van der Waals surface area contributed by atoms with Crippen molar-refractivity contribution in [3.63, 3.8) is 0 Å². The number of rotatable bonds is 9. The van der Waals surface area contributed by atoms with Gasteiger partial charge in [-0.15, -0.1) is 0 Å². The number of halogens is 3. The van der Waals surface area contributed by atoms with Crippen LogP contribution < -0.4 is 16.0 Å². The zero-order valence-electron chi connectivity index (χ0n) is 21.1. The summed E-state index contributed by atoms with van der Waals surface area (Å²) in [5.41, 5.74) is 0.761. The van der Waals surface area contributed by atoms with Gasteiger partial charge < -0.3 is 25.4 Å². The van der Waals surface area contributed by atoms with Gasteiger partial charge in [0, 0.05) is 30.7 Å². The van der Waals surface area contributed by atoms with Crippen LogP contribution >= 0.6 is 0 Å². The second-order valence-electron chi connectivity index (χ2n) is 8.44. The fourth-order valence-corrected chi connectivity index (χ4v) is 3.91. The number of methoxy groups -OCH3 is 1. The first-order chi connectivity index (χ1) is 18.0. The van der Waals surface area contributed by atoms with Crippen molar-refractivity contribution in [3.05, 3.63) is 70.9 Å². The molecule has 1 unspecified atom stereocenters. The molecule has 0 saturated heterocycles. The lowest BCUT2D eigenvalue weighted by atomic mass is 9.94. The van der Waals surface area contributed by atoms with Crippen molar-refractivity contribution in [2.24, 2.45) is 0 Å². The summed E-state index contributed by atoms with van der Waals surface area (Å²) >= 11 is 0. The third kappa shape index (κ3) is 7.03. The van der Waals surface area contributed by atoms with Gasteiger partial charge >= 0.3 is 24.2 Å². The number of carbonyl (C=O) groups excluding carboxylic acids is 3. The van der Waals surface area contributed by atoms with E-state index >= 15 is 0 Å². The molecule has 2 aromatic rings. The van der Waals surface area contributed by atoms with Crippen molar-refractivity contribution in [1.82, 2.24) is 10.2 Å². The monoisotopic (exact) mass is 534 g/mol. The molecule has 0 radical (unpaired) electrons. The molecule has 204 valence electrons. The highest BCUT2D eigenvalue weighted by Crippen LogP contribution is 2.33. The topological polar surface area (TPSA) is 109 Å². The Hall–Kier alpha value is -4.06. The summed E-state index contributed by atoms with van der Waals surface area (Å²) in [6.45, 7) is 4.28. The van der Waals surface area contributed by atoms with Crippen LogP contribution in [0.1, 0.15) is 37.4 Å². The van der Waals surface area contributed by atoms with E-state index in [-0.39, 0.29) is 30.5 Å². The molecule has 3 N–H and O–H groups in total. The molecule has 1 aliphatic heterocycles. The number of nitrogens with zero attached hydrogens (tertiary/aromatic N) is 1. The zero-order valence-corrected chi connectivity index (χ0v) is 21.1. The van der Waals surface area contributed by atoms with Crippen molar-refractivity contribution >= 4 is 29.4 Å². The van der Waals surface area contributed by atoms with Crippen molar-refractivity contribution < 1.29 is 37.0 Å². The van der Waals surface area contributed by atoms with E-state index in [9.17, 15) is 27.6 Å². The maximum Gasteiger partial charge on any atom is 0.416 e. The van der Waals surface area contributed by atoms with Gasteiger partial charge in [-0.25, -0.2) is 14.4 Å². The first-order valence-corrected chi connectivity index (χ1v) is 11.8. The number of hydrogen-bond acceptors (Lipinski definition) is 5. The molecule has 0 aliphatic carbocycles. The van der Waals surface area contributed by atoms with E-state index in [2.05, 4.69) is 16.0 Å². The lowest BCUT2D eigenvalue weighted by Crippen LogP contribution is -2.48. The number of allylic oxidation sites excluding steroid dienone is 1. The van der Waals surface area contributed by atoms with Crippen LogP contribution in [0.3, 0.4) is 0 Å². The maximum atomic E-state index is 12.9. The van der Waals surface area contributed by atoms with Gasteiger partial charge in [0.15, 0.2) is 0 Å². The van der Waals surface area contributed by atoms with Gasteiger partial charge in [0.05, 0.1) is 23.8 Å². The summed E-state index contributed by atoms with van der Waals surface area (Å²) in [6, 6.07) is 8.73. The Morgan fingerprint density at radius 2 is 1.74 bits per heavy atom. The molecule has 2 aromatic carbocycles. The molecule has 38 heavy (non-hydrogen) atoms. The van der Waals surface area contributed by atoms with Crippen LogP contribution in [0.25, 0.3) is 0 Å². The lowest BCUT2D eigenvalue weighted by molar-refractivity contribution is -0.141. The molecule has 0 aromatic heterocycles. The molecule has 9 nitrogen and oxygen atoms in total. The Bertz CT molecular complexity index is 1200. The number of benzene rings is 2. The first kappa shape index (κ1) is 28.5. The number of carbonyl (C=O) groups is 3. The molecular formula is C26H29F3N4O5. The molecule has 4 amide bonds. The van der Waals surface area contributed by atoms with E-state index in [0.717, 1.165) is 12.1 Å². The van der Waals surface area contributed by atoms with Gasteiger partial charge in [0.1, 0.15) is 6.61 Å². The molecule has 0 saturated carbocycles. The van der Waals surface area contributed by atoms with Gasteiger partial charge in [0.2, 0.25) is 0 Å². The molecule has 3 rings (SSSR count). The molecule has 1 atom stereocenters. The largest absolute Gasteiger partial charge is 0.460 e. The average molecular weight is 535 g/mol. The molecule has 12 heteroatoms. The highest BCUT2D eigenvalue weighted by Gasteiger charge is 2.36. The van der Waals surface area contributed by atoms with Crippen molar-refractivity contribution in [2.45, 2.75) is 32.5 Å². The van der Waals surface area contributed by atoms with Crippen molar-refractivity contribution in [1.29, 1.82) is 0 Å². The van der Waals surface area contributed by atoms with Gasteiger partial charge in [-0.1, -0.05) is 25.1 Å². The number of ether oxygens (including phenoxy) is 2. The summed E-state index contributed by atoms with van der Waals surface area (Å²) in [7, 11) is 1.49. The Kier molecular flexibility index (Phi) is 9.35. The SMILES string of the molecule is CCCN1C(=O)NC(c2ccc(NC(=O)Nc3cccc(C(F)(F)F)c3)cc2)C(C(=O)OCCOC)=C1C. The smallest absolute Gasteiger partial charge is 0.416 e. The molecular weight excluding hydrogens is 505 g/mol. The van der Waals surface area contributed by atoms with Crippen molar-refractivity contribution in [2.75, 3.05) is 37.5 Å². The van der Waals surface area contributed by atoms with E-state index in [0.29, 0.717) is 29.9 Å². The van der Waals surface area contributed by atoms with E-state index in [1.54, 1.807) is 31.2 Å². The van der Waals surface area contributed by atoms with Crippen LogP contribution in [0.5, 0.6) is 0 Å². The third-order valence-corrected chi connectivity index (χ3v) is 5.73. The van der Waals surface area contributed by atoms with E-state index in [1.165, 1.54) is 24.1 Å². The number of nitrogens with one attached hydrogen (secondary N) is 3. The van der Waals surface area contributed by atoms with Crippen LogP contribution in [-0.4, -0.2) is 49.8 Å². The number of urea groups is 2. The van der Waals surface area contributed by atoms with Crippen LogP contribution in [0, 0.1) is 0 Å². The van der Waals surface area contributed by atoms with Gasteiger partial charge in [-0.3, -0.25) is 4.90 Å². The van der Waals surface area contributed by atoms with Gasteiger partial charge in [0.25, 0.3) is 0 Å². The second kappa shape index (κ2) is 12.5. The normalized spacial score (nSPS) is 15.7. The fourth-order valence-electron chi connectivity index (χ4n) is 3.91. The summed E-state index contributed by atoms with van der Waals surface area (Å²) in [4.78, 5) is 39.5. The van der Waals surface area contributed by atoms with Crippen molar-refractivity contribution in [3.8, 4) is 0 Å². The predicted octanol–water partition coefficient (Wildman–Crippen LogP) is 5.29. The van der Waals surface area contributed by atoms with Crippen LogP contribution in [0.4, 0.5) is 34.1 Å². The highest BCUT2D eigenvalue weighted by atomic mass is 19.4. The molecule has 0 bridgehead atoms. The summed E-state index contributed by atoms with van der Waals surface area (Å²) < 4.78 is 49.0. The Morgan fingerprint density at radius 3 is 2.37 bits per heavy atom. The van der Waals surface area contributed by atoms with Crippen LogP contribution in [0.15, 0.2) is 59.8 Å². The first-order valence-electron chi connectivity index (χ1n) is 11.8. The number of hydrogen-bond donors (Lipinski definition) is 3. The predicted molar refractivity (Wildman–Crippen MR) is 134 cm³/mol. The minimum atomic E-state index is -4.53. The number of alkyl halides is 3. The second-order valence-corrected chi connectivity index (χ2v) is 8.44. The minimum absolute atomic E-state index is 0.0206. The zero-order chi connectivity index (χ0) is 27.9. The Labute approximate surface area is 218 Å². The highest BCUT2D eigenvalue weighted by molar-refractivity contribution is 6.00. The lowest BCUT2D eigenvalue weighted by Gasteiger charge is -2.35. The number of amides is 4. The molecule has 1 aliphatic rings. The summed E-state index contributed by atoms with van der Waals surface area (Å²) in [5.74, 6) is -0.590. The number of esters is 1. The van der Waals surface area contributed by atoms with Crippen LogP contribution in [0.2, 0.25) is 0 Å². The summed E-state index contributed by atoms with van der Waals surface area (Å²) in [6.07, 6.45) is -3.85. The maximum absolute atomic E-state index is 12.9. The van der Waals surface area contributed by atoms with E-state index < -0.39 is 29.8 Å². The summed E-state index contributed by atoms with van der Waals surface area (Å²) in [5, 5.41) is 7.74. The average Bonchev–Trinajstić information content (AvgIpc) is 2.86. The molecule has 0 fully saturated rings. The quantitative estimate of drug-likeness (QED) is 0.299. The standard InChI is InChI=1S/C26H29F3N4O5/c1-4-12-33-16(2)21(23(34)38-14-13-37-3)22(32-25(33)36)17-8-10-19(11-9-17)30-24(35)31-20-7-5-6-18(15-20)26(27,28)29/h5-11,15,22H,4,12-14H2,1-3H3,(H,32,36)(H2,30,31,35). The fraction of sp³-hybridized carbons (Fsp3) is 0.346. The Balaban J connectivity index is 1.77. The van der Waals surface area contributed by atoms with E-state index in [4.69, 9.17) is 9.47 Å². The third-order valence-electron chi connectivity index (χ3n) is 5.73. The molecule has 0 spiro atoms. The van der Waals surface area contributed by atoms with Gasteiger partial charge in [-0.05, 0) is 49.2 Å². The van der Waals surface area contributed by atoms with Crippen LogP contribution in [-0.2, 0) is 20.4 Å².